The number of rotatable bonds is 2. The van der Waals surface area contributed by atoms with Gasteiger partial charge in [-0.05, 0) is 17.4 Å². The third-order valence-electron chi connectivity index (χ3n) is 7.87. The average Bonchev–Trinajstić information content (AvgIpc) is 3.48. The van der Waals surface area contributed by atoms with Gasteiger partial charge in [0.1, 0.15) is 0 Å². The van der Waals surface area contributed by atoms with E-state index in [1.807, 2.05) is 3.71 Å². The number of halogens is 3. The van der Waals surface area contributed by atoms with Crippen LogP contribution in [0.15, 0.2) is 71.8 Å². The Morgan fingerprint density at radius 2 is 1.39 bits per heavy atom. The van der Waals surface area contributed by atoms with Crippen molar-refractivity contribution in [2.45, 2.75) is 99.8 Å². The van der Waals surface area contributed by atoms with E-state index in [-0.39, 0.29) is 41.5 Å². The molecule has 0 fully saturated rings. The van der Waals surface area contributed by atoms with Gasteiger partial charge in [-0.3, -0.25) is 6.08 Å². The summed E-state index contributed by atoms with van der Waals surface area (Å²) in [5, 5.41) is 0. The van der Waals surface area contributed by atoms with Gasteiger partial charge in [-0.25, -0.2) is 5.57 Å². The van der Waals surface area contributed by atoms with E-state index in [0.717, 1.165) is 18.4 Å². The molecule has 0 saturated heterocycles. The number of hydrogen-bond donors (Lipinski definition) is 0. The van der Waals surface area contributed by atoms with Crippen molar-refractivity contribution in [3.63, 3.8) is 0 Å². The Balaban J connectivity index is 0.000000359. The first-order valence-electron chi connectivity index (χ1n) is 15.2. The van der Waals surface area contributed by atoms with Crippen molar-refractivity contribution in [2.75, 3.05) is 0 Å². The van der Waals surface area contributed by atoms with Crippen LogP contribution in [0.4, 0.5) is 4.39 Å². The summed E-state index contributed by atoms with van der Waals surface area (Å²) in [4.78, 5) is 0. The van der Waals surface area contributed by atoms with Gasteiger partial charge in [-0.15, -0.1) is 5.56 Å². The molecule has 5 rings (SSSR count). The Hall–Kier alpha value is -1.60. The Morgan fingerprint density at radius 1 is 0.818 bits per heavy atom. The molecular weight excluding hydrogens is 662 g/mol. The van der Waals surface area contributed by atoms with Crippen LogP contribution < -0.4 is 24.8 Å². The molecule has 236 valence electrons. The van der Waals surface area contributed by atoms with Crippen LogP contribution in [0.1, 0.15) is 110 Å². The Bertz CT molecular complexity index is 1400. The van der Waals surface area contributed by atoms with Crippen molar-refractivity contribution in [1.29, 1.82) is 0 Å². The second-order valence-electron chi connectivity index (χ2n) is 14.6. The van der Waals surface area contributed by atoms with Crippen molar-refractivity contribution >= 4 is 3.71 Å². The molecule has 0 amide bonds. The van der Waals surface area contributed by atoms with E-state index in [9.17, 15) is 4.39 Å². The maximum Gasteiger partial charge on any atom is -1.00 e. The van der Waals surface area contributed by atoms with Gasteiger partial charge >= 0.3 is 68.0 Å². The van der Waals surface area contributed by atoms with Crippen LogP contribution in [0.25, 0.3) is 11.1 Å². The molecule has 0 nitrogen and oxygen atoms in total. The summed E-state index contributed by atoms with van der Waals surface area (Å²) in [7, 11) is 0. The van der Waals surface area contributed by atoms with Gasteiger partial charge in [0, 0.05) is 0 Å². The van der Waals surface area contributed by atoms with E-state index in [0.29, 0.717) is 11.3 Å². The molecule has 0 saturated carbocycles. The van der Waals surface area contributed by atoms with E-state index >= 15 is 0 Å². The maximum atomic E-state index is 12.2. The van der Waals surface area contributed by atoms with Crippen molar-refractivity contribution < 1.29 is 53.4 Å². The smallest absolute Gasteiger partial charge is 1.00 e. The van der Waals surface area contributed by atoms with Crippen LogP contribution >= 0.6 is 0 Å². The SMILES string of the molecule is CC(C)(C)c1c[c-]c2c(c1)-c1cc(C(C)(C)C)ccc1C2.CCC1=[C-]C(C)C=C1C(C)(C)C.Fc1ccc([CH]=[Zr+2])cc1.[Cl-].[Cl-]. The van der Waals surface area contributed by atoms with Gasteiger partial charge < -0.3 is 24.8 Å². The van der Waals surface area contributed by atoms with Crippen LogP contribution in [-0.2, 0) is 41.5 Å². The molecule has 4 heteroatoms. The Morgan fingerprint density at radius 3 is 1.86 bits per heavy atom. The quantitative estimate of drug-likeness (QED) is 0.259. The van der Waals surface area contributed by atoms with Crippen molar-refractivity contribution in [2.24, 2.45) is 11.3 Å². The van der Waals surface area contributed by atoms with Crippen LogP contribution in [-0.4, -0.2) is 3.71 Å². The molecule has 2 aliphatic carbocycles. The largest absolute Gasteiger partial charge is 1.00 e. The summed E-state index contributed by atoms with van der Waals surface area (Å²) in [6, 6.07) is 21.5. The van der Waals surface area contributed by atoms with E-state index in [2.05, 4.69) is 125 Å². The molecule has 1 unspecified atom stereocenters. The summed E-state index contributed by atoms with van der Waals surface area (Å²) in [6.45, 7) is 24.9. The summed E-state index contributed by atoms with van der Waals surface area (Å²) in [5.74, 6) is 0.352. The third-order valence-corrected chi connectivity index (χ3v) is 8.69. The molecule has 0 aromatic heterocycles. The van der Waals surface area contributed by atoms with Gasteiger partial charge in [-0.2, -0.15) is 41.0 Å². The minimum absolute atomic E-state index is 0. The van der Waals surface area contributed by atoms with Crippen molar-refractivity contribution in [3.8, 4) is 11.1 Å². The van der Waals surface area contributed by atoms with Crippen LogP contribution in [0.2, 0.25) is 0 Å². The van der Waals surface area contributed by atoms with Gasteiger partial charge in [0.05, 0.1) is 0 Å². The van der Waals surface area contributed by atoms with Crippen molar-refractivity contribution in [1.82, 2.24) is 0 Å². The van der Waals surface area contributed by atoms with E-state index in [1.165, 1.54) is 80.9 Å². The predicted octanol–water partition coefficient (Wildman–Crippen LogP) is 4.93. The van der Waals surface area contributed by atoms with Crippen molar-refractivity contribution in [3.05, 3.63) is 118 Å². The normalized spacial score (nSPS) is 15.1. The van der Waals surface area contributed by atoms with Crippen LogP contribution in [0, 0.1) is 29.3 Å². The molecule has 1 atom stereocenters. The monoisotopic (exact) mass is 708 g/mol. The molecule has 0 radical (unpaired) electrons. The van der Waals surface area contributed by atoms with E-state index in [4.69, 9.17) is 0 Å². The zero-order valence-corrected chi connectivity index (χ0v) is 32.4. The van der Waals surface area contributed by atoms with E-state index in [1.54, 1.807) is 12.1 Å². The standard InChI is InChI=1S/C21H25.C12H19.C7H5F.2ClH.Zr/c1-20(2,3)16-9-7-14-11-15-8-10-17(21(4,5)6)13-19(15)18(14)12-16;1-6-10-7-9(2)8-11(10)12(3,4)5;1-6-2-4-7(8)5-3-6;;;/h7,9-10,12-13H,11H2,1-6H3;8-9H,6H2,1-5H3;1-5H;2*1H;/q2*-1;;;;+2/p-2. The molecular formula is C40H49Cl2FZr-2. The summed E-state index contributed by atoms with van der Waals surface area (Å²) < 4.78 is 14.2. The second kappa shape index (κ2) is 16.3. The first kappa shape index (κ1) is 40.4. The molecule has 2 aliphatic rings. The van der Waals surface area contributed by atoms with Crippen LogP contribution in [0.5, 0.6) is 0 Å². The third kappa shape index (κ3) is 10.7. The molecule has 0 aliphatic heterocycles. The molecule has 3 aromatic carbocycles. The molecule has 44 heavy (non-hydrogen) atoms. The number of benzene rings is 3. The number of allylic oxidation sites excluding steroid dienone is 4. The number of hydrogen-bond acceptors (Lipinski definition) is 0. The van der Waals surface area contributed by atoms with Gasteiger partial charge in [0.2, 0.25) is 0 Å². The zero-order chi connectivity index (χ0) is 31.5. The van der Waals surface area contributed by atoms with E-state index < -0.39 is 0 Å². The summed E-state index contributed by atoms with van der Waals surface area (Å²) in [6.07, 6.45) is 7.98. The zero-order valence-electron chi connectivity index (χ0n) is 28.5. The fourth-order valence-corrected chi connectivity index (χ4v) is 5.76. The Kier molecular flexibility index (Phi) is 15.0. The molecule has 0 spiro atoms. The fourth-order valence-electron chi connectivity index (χ4n) is 5.28. The Labute approximate surface area is 295 Å². The second-order valence-corrected chi connectivity index (χ2v) is 15.3. The van der Waals surface area contributed by atoms with Gasteiger partial charge in [0.25, 0.3) is 0 Å². The topological polar surface area (TPSA) is 0 Å². The molecule has 0 bridgehead atoms. The number of fused-ring (bicyclic) bond motifs is 3. The minimum Gasteiger partial charge on any atom is -1.00 e. The predicted molar refractivity (Wildman–Crippen MR) is 176 cm³/mol. The summed E-state index contributed by atoms with van der Waals surface area (Å²) >= 11 is 1.34. The van der Waals surface area contributed by atoms with Gasteiger partial charge in [0.15, 0.2) is 0 Å². The summed E-state index contributed by atoms with van der Waals surface area (Å²) in [5.41, 5.74) is 13.1. The first-order valence-corrected chi connectivity index (χ1v) is 16.7. The van der Waals surface area contributed by atoms with Gasteiger partial charge in [-0.1, -0.05) is 129 Å². The van der Waals surface area contributed by atoms with Crippen LogP contribution in [0.3, 0.4) is 0 Å². The molecule has 0 N–H and O–H groups in total. The molecule has 0 heterocycles. The fraction of sp³-hybridized carbons (Fsp3) is 0.425. The minimum atomic E-state index is -0.170. The molecule has 3 aromatic rings. The average molecular weight is 711 g/mol. The maximum absolute atomic E-state index is 12.2. The first-order chi connectivity index (χ1) is 19.4.